The van der Waals surface area contributed by atoms with Crippen LogP contribution in [0.2, 0.25) is 0 Å². The zero-order chi connectivity index (χ0) is 17.5. The molecule has 2 aromatic carbocycles. The normalized spacial score (nSPS) is 11.0. The molecular formula is C19H21FN2O2. The first kappa shape index (κ1) is 17.7. The van der Waals surface area contributed by atoms with Gasteiger partial charge in [-0.25, -0.2) is 9.82 Å². The van der Waals surface area contributed by atoms with Crippen molar-refractivity contribution in [2.45, 2.75) is 26.7 Å². The van der Waals surface area contributed by atoms with Gasteiger partial charge in [0.25, 0.3) is 5.91 Å². The Labute approximate surface area is 141 Å². The molecule has 0 radical (unpaired) electrons. The van der Waals surface area contributed by atoms with E-state index in [1.54, 1.807) is 18.2 Å². The van der Waals surface area contributed by atoms with E-state index in [0.29, 0.717) is 17.2 Å². The van der Waals surface area contributed by atoms with Gasteiger partial charge in [0.15, 0.2) is 6.61 Å². The fourth-order valence-corrected chi connectivity index (χ4v) is 2.17. The molecule has 2 rings (SSSR count). The molecular weight excluding hydrogens is 307 g/mol. The minimum Gasteiger partial charge on any atom is -0.483 e. The van der Waals surface area contributed by atoms with E-state index < -0.39 is 11.7 Å². The van der Waals surface area contributed by atoms with Crippen LogP contribution in [-0.4, -0.2) is 18.7 Å². The van der Waals surface area contributed by atoms with Gasteiger partial charge in [-0.2, -0.15) is 5.10 Å². The number of halogens is 1. The molecule has 126 valence electrons. The van der Waals surface area contributed by atoms with E-state index in [1.807, 2.05) is 25.1 Å². The summed E-state index contributed by atoms with van der Waals surface area (Å²) in [7, 11) is 0. The van der Waals surface area contributed by atoms with Crippen LogP contribution in [0.15, 0.2) is 47.6 Å². The van der Waals surface area contributed by atoms with E-state index in [-0.39, 0.29) is 6.61 Å². The van der Waals surface area contributed by atoms with Crippen LogP contribution < -0.4 is 10.2 Å². The van der Waals surface area contributed by atoms with Gasteiger partial charge in [0.1, 0.15) is 11.6 Å². The van der Waals surface area contributed by atoms with E-state index >= 15 is 0 Å². The van der Waals surface area contributed by atoms with Gasteiger partial charge in [-0.15, -0.1) is 0 Å². The lowest BCUT2D eigenvalue weighted by molar-refractivity contribution is -0.123. The number of ether oxygens (including phenoxy) is 1. The Hall–Kier alpha value is -2.69. The van der Waals surface area contributed by atoms with Gasteiger partial charge in [0.2, 0.25) is 0 Å². The largest absolute Gasteiger partial charge is 0.483 e. The minimum atomic E-state index is -0.404. The average Bonchev–Trinajstić information content (AvgIpc) is 2.54. The van der Waals surface area contributed by atoms with Gasteiger partial charge in [-0.05, 0) is 36.1 Å². The number of aryl methyl sites for hydroxylation is 1. The SMILES string of the molecule is Cc1ccc(C(C)C)c(OCC(=O)N/N=C/c2ccccc2F)c1. The second-order valence-corrected chi connectivity index (χ2v) is 5.80. The highest BCUT2D eigenvalue weighted by molar-refractivity contribution is 5.83. The number of carbonyl (C=O) groups is 1. The molecule has 0 bridgehead atoms. The third-order valence-electron chi connectivity index (χ3n) is 3.45. The maximum atomic E-state index is 13.4. The third-order valence-corrected chi connectivity index (χ3v) is 3.45. The Morgan fingerprint density at radius 2 is 2.04 bits per heavy atom. The maximum absolute atomic E-state index is 13.4. The van der Waals surface area contributed by atoms with Crippen LogP contribution in [0.1, 0.15) is 36.5 Å². The van der Waals surface area contributed by atoms with Crippen LogP contribution in [0.5, 0.6) is 5.75 Å². The van der Waals surface area contributed by atoms with Crippen LogP contribution in [-0.2, 0) is 4.79 Å². The minimum absolute atomic E-state index is 0.155. The first-order chi connectivity index (χ1) is 11.5. The monoisotopic (exact) mass is 328 g/mol. The molecule has 0 fully saturated rings. The zero-order valence-electron chi connectivity index (χ0n) is 14.0. The van der Waals surface area contributed by atoms with Gasteiger partial charge in [-0.1, -0.05) is 44.2 Å². The van der Waals surface area contributed by atoms with Crippen LogP contribution in [0.3, 0.4) is 0 Å². The predicted molar refractivity (Wildman–Crippen MR) is 92.9 cm³/mol. The van der Waals surface area contributed by atoms with Crippen LogP contribution in [0, 0.1) is 12.7 Å². The summed E-state index contributed by atoms with van der Waals surface area (Å²) in [6.07, 6.45) is 1.26. The number of carbonyl (C=O) groups excluding carboxylic acids is 1. The number of rotatable bonds is 6. The number of nitrogens with one attached hydrogen (secondary N) is 1. The van der Waals surface area contributed by atoms with Crippen molar-refractivity contribution in [3.63, 3.8) is 0 Å². The molecule has 1 amide bonds. The van der Waals surface area contributed by atoms with Crippen LogP contribution in [0.4, 0.5) is 4.39 Å². The Morgan fingerprint density at radius 1 is 1.29 bits per heavy atom. The number of hydrogen-bond donors (Lipinski definition) is 1. The van der Waals surface area contributed by atoms with Crippen molar-refractivity contribution in [2.24, 2.45) is 5.10 Å². The quantitative estimate of drug-likeness (QED) is 0.648. The van der Waals surface area contributed by atoms with Crippen molar-refractivity contribution in [2.75, 3.05) is 6.61 Å². The number of amides is 1. The van der Waals surface area contributed by atoms with Crippen molar-refractivity contribution < 1.29 is 13.9 Å². The van der Waals surface area contributed by atoms with Gasteiger partial charge in [-0.3, -0.25) is 4.79 Å². The number of hydrogen-bond acceptors (Lipinski definition) is 3. The summed E-state index contributed by atoms with van der Waals surface area (Å²) >= 11 is 0. The third kappa shape index (κ3) is 4.91. The summed E-state index contributed by atoms with van der Waals surface area (Å²) in [4.78, 5) is 11.8. The highest BCUT2D eigenvalue weighted by atomic mass is 19.1. The molecule has 0 saturated heterocycles. The van der Waals surface area contributed by atoms with Gasteiger partial charge >= 0.3 is 0 Å². The Kier molecular flexibility index (Phi) is 6.07. The first-order valence-corrected chi connectivity index (χ1v) is 7.77. The molecule has 0 atom stereocenters. The van der Waals surface area contributed by atoms with E-state index in [9.17, 15) is 9.18 Å². The summed E-state index contributed by atoms with van der Waals surface area (Å²) in [5, 5.41) is 3.75. The van der Waals surface area contributed by atoms with Crippen molar-refractivity contribution in [3.05, 3.63) is 65.0 Å². The molecule has 1 N–H and O–H groups in total. The van der Waals surface area contributed by atoms with E-state index in [2.05, 4.69) is 24.4 Å². The van der Waals surface area contributed by atoms with Gasteiger partial charge in [0, 0.05) is 5.56 Å². The van der Waals surface area contributed by atoms with E-state index in [1.165, 1.54) is 12.3 Å². The van der Waals surface area contributed by atoms with Crippen molar-refractivity contribution >= 4 is 12.1 Å². The van der Waals surface area contributed by atoms with Crippen molar-refractivity contribution in [1.82, 2.24) is 5.43 Å². The zero-order valence-corrected chi connectivity index (χ0v) is 14.0. The molecule has 0 spiro atoms. The first-order valence-electron chi connectivity index (χ1n) is 7.77. The molecule has 0 unspecified atom stereocenters. The highest BCUT2D eigenvalue weighted by Gasteiger charge is 2.10. The Balaban J connectivity index is 1.92. The fraction of sp³-hybridized carbons (Fsp3) is 0.263. The second kappa shape index (κ2) is 8.24. The number of hydrazone groups is 1. The molecule has 4 nitrogen and oxygen atoms in total. The lowest BCUT2D eigenvalue weighted by Crippen LogP contribution is -2.25. The summed E-state index contributed by atoms with van der Waals surface area (Å²) in [6, 6.07) is 12.1. The molecule has 0 aromatic heterocycles. The maximum Gasteiger partial charge on any atom is 0.277 e. The fourth-order valence-electron chi connectivity index (χ4n) is 2.17. The number of benzene rings is 2. The smallest absolute Gasteiger partial charge is 0.277 e. The molecule has 24 heavy (non-hydrogen) atoms. The molecule has 0 aliphatic heterocycles. The second-order valence-electron chi connectivity index (χ2n) is 5.80. The summed E-state index contributed by atoms with van der Waals surface area (Å²) in [5.41, 5.74) is 4.74. The van der Waals surface area contributed by atoms with E-state index in [4.69, 9.17) is 4.74 Å². The van der Waals surface area contributed by atoms with Gasteiger partial charge in [0.05, 0.1) is 6.21 Å². The highest BCUT2D eigenvalue weighted by Crippen LogP contribution is 2.27. The molecule has 2 aromatic rings. The summed E-state index contributed by atoms with van der Waals surface area (Å²) in [6.45, 7) is 5.94. The lowest BCUT2D eigenvalue weighted by atomic mass is 10.0. The molecule has 0 aliphatic rings. The molecule has 0 saturated carbocycles. The summed E-state index contributed by atoms with van der Waals surface area (Å²) in [5.74, 6) is 0.188. The summed E-state index contributed by atoms with van der Waals surface area (Å²) < 4.78 is 19.0. The van der Waals surface area contributed by atoms with E-state index in [0.717, 1.165) is 11.1 Å². The van der Waals surface area contributed by atoms with Gasteiger partial charge < -0.3 is 4.74 Å². The number of nitrogens with zero attached hydrogens (tertiary/aromatic N) is 1. The Morgan fingerprint density at radius 3 is 2.75 bits per heavy atom. The van der Waals surface area contributed by atoms with Crippen molar-refractivity contribution in [1.29, 1.82) is 0 Å². The Bertz CT molecular complexity index is 742. The average molecular weight is 328 g/mol. The van der Waals surface area contributed by atoms with Crippen LogP contribution >= 0.6 is 0 Å². The lowest BCUT2D eigenvalue weighted by Gasteiger charge is -2.14. The van der Waals surface area contributed by atoms with Crippen LogP contribution in [0.25, 0.3) is 0 Å². The molecule has 0 aliphatic carbocycles. The molecule has 0 heterocycles. The van der Waals surface area contributed by atoms with Crippen molar-refractivity contribution in [3.8, 4) is 5.75 Å². The predicted octanol–water partition coefficient (Wildman–Crippen LogP) is 3.79. The topological polar surface area (TPSA) is 50.7 Å². The molecule has 5 heteroatoms. The standard InChI is InChI=1S/C19H21FN2O2/c1-13(2)16-9-8-14(3)10-18(16)24-12-19(23)22-21-11-15-6-4-5-7-17(15)20/h4-11,13H,12H2,1-3H3,(H,22,23)/b21-11+.